The number of halogens is 1. The van der Waals surface area contributed by atoms with E-state index in [1.807, 2.05) is 24.3 Å². The highest BCUT2D eigenvalue weighted by Gasteiger charge is 2.15. The van der Waals surface area contributed by atoms with Gasteiger partial charge in [0, 0.05) is 24.5 Å². The van der Waals surface area contributed by atoms with E-state index >= 15 is 0 Å². The van der Waals surface area contributed by atoms with Gasteiger partial charge in [0.1, 0.15) is 0 Å². The van der Waals surface area contributed by atoms with Gasteiger partial charge in [0.15, 0.2) is 0 Å². The Morgan fingerprint density at radius 3 is 2.55 bits per heavy atom. The van der Waals surface area contributed by atoms with Gasteiger partial charge in [-0.1, -0.05) is 19.1 Å². The fourth-order valence-corrected chi connectivity index (χ4v) is 2.64. The van der Waals surface area contributed by atoms with Crippen LogP contribution in [0.15, 0.2) is 24.3 Å². The van der Waals surface area contributed by atoms with Crippen LogP contribution in [0.5, 0.6) is 0 Å². The van der Waals surface area contributed by atoms with E-state index < -0.39 is 0 Å². The summed E-state index contributed by atoms with van der Waals surface area (Å²) in [6.07, 6.45) is 2.54. The molecule has 0 saturated carbocycles. The first-order valence-electron chi connectivity index (χ1n) is 7.34. The first-order valence-corrected chi connectivity index (χ1v) is 7.88. The number of piperidine rings is 1. The number of hydrogen-bond acceptors (Lipinski definition) is 2. The quantitative estimate of drug-likeness (QED) is 0.847. The Labute approximate surface area is 126 Å². The van der Waals surface area contributed by atoms with E-state index in [-0.39, 0.29) is 5.91 Å². The number of nitrogens with zero attached hydrogens (tertiary/aromatic N) is 1. The number of hydrogen-bond donors (Lipinski definition) is 1. The zero-order valence-corrected chi connectivity index (χ0v) is 12.8. The van der Waals surface area contributed by atoms with Crippen molar-refractivity contribution in [2.24, 2.45) is 5.92 Å². The van der Waals surface area contributed by atoms with E-state index in [2.05, 4.69) is 17.1 Å². The molecule has 1 aliphatic heterocycles. The van der Waals surface area contributed by atoms with Crippen molar-refractivity contribution in [1.29, 1.82) is 0 Å². The first-order chi connectivity index (χ1) is 9.69. The second-order valence-corrected chi connectivity index (χ2v) is 5.88. The van der Waals surface area contributed by atoms with Gasteiger partial charge in [-0.2, -0.15) is 0 Å². The molecule has 0 bridgehead atoms. The summed E-state index contributed by atoms with van der Waals surface area (Å²) < 4.78 is 0. The second-order valence-electron chi connectivity index (χ2n) is 5.61. The van der Waals surface area contributed by atoms with Crippen molar-refractivity contribution in [2.45, 2.75) is 25.6 Å². The van der Waals surface area contributed by atoms with Crippen LogP contribution in [-0.2, 0) is 5.88 Å². The van der Waals surface area contributed by atoms with Crippen LogP contribution in [0.2, 0.25) is 0 Å². The number of amides is 1. The maximum absolute atomic E-state index is 12.0. The van der Waals surface area contributed by atoms with E-state index in [0.717, 1.165) is 31.1 Å². The number of likely N-dealkylation sites (tertiary alicyclic amines) is 1. The Hall–Kier alpha value is -1.06. The molecule has 1 saturated heterocycles. The summed E-state index contributed by atoms with van der Waals surface area (Å²) in [6.45, 7) is 6.27. The van der Waals surface area contributed by atoms with Crippen LogP contribution in [0.25, 0.3) is 0 Å². The predicted molar refractivity (Wildman–Crippen MR) is 83.2 cm³/mol. The molecule has 3 nitrogen and oxygen atoms in total. The standard InChI is InChI=1S/C16H23ClN2O/c1-13-6-9-19(10-7-13)11-8-18-16(20)15-4-2-14(12-17)3-5-15/h2-5,13H,6-12H2,1H3,(H,18,20). The van der Waals surface area contributed by atoms with Crippen molar-refractivity contribution in [3.8, 4) is 0 Å². The lowest BCUT2D eigenvalue weighted by Crippen LogP contribution is -2.39. The molecule has 1 N–H and O–H groups in total. The summed E-state index contributed by atoms with van der Waals surface area (Å²) in [4.78, 5) is 14.4. The van der Waals surface area contributed by atoms with Crippen molar-refractivity contribution < 1.29 is 4.79 Å². The Morgan fingerprint density at radius 2 is 1.95 bits per heavy atom. The molecule has 1 aromatic rings. The average molecular weight is 295 g/mol. The monoisotopic (exact) mass is 294 g/mol. The topological polar surface area (TPSA) is 32.3 Å². The van der Waals surface area contributed by atoms with Crippen LogP contribution in [0, 0.1) is 5.92 Å². The molecule has 1 aliphatic rings. The number of benzene rings is 1. The van der Waals surface area contributed by atoms with Crippen LogP contribution in [0.1, 0.15) is 35.7 Å². The molecule has 1 amide bonds. The highest BCUT2D eigenvalue weighted by molar-refractivity contribution is 6.17. The average Bonchev–Trinajstić information content (AvgIpc) is 2.49. The van der Waals surface area contributed by atoms with Gasteiger partial charge in [-0.3, -0.25) is 4.79 Å². The predicted octanol–water partition coefficient (Wildman–Crippen LogP) is 2.89. The van der Waals surface area contributed by atoms with Gasteiger partial charge < -0.3 is 10.2 Å². The van der Waals surface area contributed by atoms with Gasteiger partial charge in [0.25, 0.3) is 5.91 Å². The summed E-state index contributed by atoms with van der Waals surface area (Å²) in [5.74, 6) is 1.33. The molecular formula is C16H23ClN2O. The van der Waals surface area contributed by atoms with Gasteiger partial charge in [-0.05, 0) is 49.5 Å². The van der Waals surface area contributed by atoms with E-state index in [0.29, 0.717) is 18.0 Å². The SMILES string of the molecule is CC1CCN(CCNC(=O)c2ccc(CCl)cc2)CC1. The molecule has 0 aliphatic carbocycles. The third-order valence-electron chi connectivity index (χ3n) is 3.96. The third-order valence-corrected chi connectivity index (χ3v) is 4.27. The number of carbonyl (C=O) groups excluding carboxylic acids is 1. The minimum atomic E-state index is -0.00324. The van der Waals surface area contributed by atoms with Gasteiger partial charge >= 0.3 is 0 Å². The highest BCUT2D eigenvalue weighted by atomic mass is 35.5. The van der Waals surface area contributed by atoms with Crippen molar-refractivity contribution in [2.75, 3.05) is 26.2 Å². The van der Waals surface area contributed by atoms with E-state index in [4.69, 9.17) is 11.6 Å². The van der Waals surface area contributed by atoms with Crippen LogP contribution in [-0.4, -0.2) is 37.0 Å². The van der Waals surface area contributed by atoms with Gasteiger partial charge in [0.2, 0.25) is 0 Å². The Kier molecular flexibility index (Phi) is 5.86. The Bertz CT molecular complexity index is 425. The van der Waals surface area contributed by atoms with Gasteiger partial charge in [0.05, 0.1) is 0 Å². The second kappa shape index (κ2) is 7.65. The minimum absolute atomic E-state index is 0.00324. The van der Waals surface area contributed by atoms with Crippen molar-refractivity contribution in [3.63, 3.8) is 0 Å². The molecule has 0 spiro atoms. The van der Waals surface area contributed by atoms with Crippen molar-refractivity contribution >= 4 is 17.5 Å². The molecule has 0 atom stereocenters. The molecule has 0 radical (unpaired) electrons. The number of alkyl halides is 1. The summed E-state index contributed by atoms with van der Waals surface area (Å²) in [6, 6.07) is 7.45. The summed E-state index contributed by atoms with van der Waals surface area (Å²) in [5, 5.41) is 2.98. The number of carbonyl (C=O) groups is 1. The molecule has 1 aromatic carbocycles. The molecule has 0 aromatic heterocycles. The number of nitrogens with one attached hydrogen (secondary N) is 1. The lowest BCUT2D eigenvalue weighted by molar-refractivity contribution is 0.0944. The van der Waals surface area contributed by atoms with Crippen LogP contribution >= 0.6 is 11.6 Å². The van der Waals surface area contributed by atoms with Gasteiger partial charge in [-0.25, -0.2) is 0 Å². The maximum atomic E-state index is 12.0. The molecule has 1 fully saturated rings. The van der Waals surface area contributed by atoms with Crippen molar-refractivity contribution in [1.82, 2.24) is 10.2 Å². The van der Waals surface area contributed by atoms with E-state index in [9.17, 15) is 4.79 Å². The molecule has 2 rings (SSSR count). The fourth-order valence-electron chi connectivity index (χ4n) is 2.46. The van der Waals surface area contributed by atoms with Crippen molar-refractivity contribution in [3.05, 3.63) is 35.4 Å². The smallest absolute Gasteiger partial charge is 0.251 e. The highest BCUT2D eigenvalue weighted by Crippen LogP contribution is 2.15. The van der Waals surface area contributed by atoms with Crippen LogP contribution < -0.4 is 5.32 Å². The molecular weight excluding hydrogens is 272 g/mol. The summed E-state index contributed by atoms with van der Waals surface area (Å²) in [7, 11) is 0. The first kappa shape index (κ1) is 15.3. The summed E-state index contributed by atoms with van der Waals surface area (Å²) in [5.41, 5.74) is 1.73. The van der Waals surface area contributed by atoms with Crippen LogP contribution in [0.4, 0.5) is 0 Å². The normalized spacial score (nSPS) is 17.1. The van der Waals surface area contributed by atoms with Gasteiger partial charge in [-0.15, -0.1) is 11.6 Å². The third kappa shape index (κ3) is 4.50. The minimum Gasteiger partial charge on any atom is -0.351 e. The molecule has 0 unspecified atom stereocenters. The Balaban J connectivity index is 1.71. The maximum Gasteiger partial charge on any atom is 0.251 e. The lowest BCUT2D eigenvalue weighted by atomic mass is 9.99. The Morgan fingerprint density at radius 1 is 1.30 bits per heavy atom. The molecule has 1 heterocycles. The molecule has 4 heteroatoms. The summed E-state index contributed by atoms with van der Waals surface area (Å²) >= 11 is 5.73. The van der Waals surface area contributed by atoms with E-state index in [1.54, 1.807) is 0 Å². The zero-order chi connectivity index (χ0) is 14.4. The zero-order valence-electron chi connectivity index (χ0n) is 12.1. The lowest BCUT2D eigenvalue weighted by Gasteiger charge is -2.30. The largest absolute Gasteiger partial charge is 0.351 e. The molecule has 20 heavy (non-hydrogen) atoms. The van der Waals surface area contributed by atoms with E-state index in [1.165, 1.54) is 12.8 Å². The fraction of sp³-hybridized carbons (Fsp3) is 0.562. The molecule has 110 valence electrons. The number of rotatable bonds is 5. The van der Waals surface area contributed by atoms with Crippen LogP contribution in [0.3, 0.4) is 0 Å².